The lowest BCUT2D eigenvalue weighted by Crippen LogP contribution is -2.25. The van der Waals surface area contributed by atoms with Crippen LogP contribution in [-0.2, 0) is 17.8 Å². The Kier molecular flexibility index (Phi) is 5.82. The van der Waals surface area contributed by atoms with Crippen LogP contribution in [0.5, 0.6) is 0 Å². The number of amides is 1. The highest BCUT2D eigenvalue weighted by Crippen LogP contribution is 2.36. The first kappa shape index (κ1) is 20.2. The van der Waals surface area contributed by atoms with Crippen LogP contribution in [0.15, 0.2) is 78.8 Å². The Bertz CT molecular complexity index is 1310. The molecule has 1 amide bonds. The number of aromatic nitrogens is 5. The molecule has 32 heavy (non-hydrogen) atoms. The average Bonchev–Trinajstić information content (AvgIpc) is 3.60. The minimum atomic E-state index is -0.0699. The number of carbonyl (C=O) groups is 1. The van der Waals surface area contributed by atoms with Gasteiger partial charge >= 0.3 is 0 Å². The van der Waals surface area contributed by atoms with Gasteiger partial charge < -0.3 is 5.32 Å². The Hall–Kier alpha value is -3.69. The number of rotatable bonds is 7. The molecule has 4 heterocycles. The first-order valence-corrected chi connectivity index (χ1v) is 11.6. The van der Waals surface area contributed by atoms with Gasteiger partial charge in [-0.1, -0.05) is 42.5 Å². The predicted octanol–water partition coefficient (Wildman–Crippen LogP) is 4.37. The number of benzene rings is 1. The van der Waals surface area contributed by atoms with E-state index in [1.807, 2.05) is 60.0 Å². The SMILES string of the molecule is O=C(Cc1sc(-c2ccccc2)nc1-c1cccs1)NCc1cccnc1-n1cncn1. The third kappa shape index (κ3) is 4.34. The highest BCUT2D eigenvalue weighted by Gasteiger charge is 2.18. The summed E-state index contributed by atoms with van der Waals surface area (Å²) in [7, 11) is 0. The molecule has 0 spiro atoms. The van der Waals surface area contributed by atoms with E-state index in [1.165, 1.54) is 6.33 Å². The fourth-order valence-corrected chi connectivity index (χ4v) is 5.16. The van der Waals surface area contributed by atoms with Crippen LogP contribution in [0.3, 0.4) is 0 Å². The molecule has 0 atom stereocenters. The van der Waals surface area contributed by atoms with E-state index >= 15 is 0 Å². The molecule has 158 valence electrons. The molecule has 0 aliphatic rings. The molecular formula is C23H18N6OS2. The van der Waals surface area contributed by atoms with Crippen molar-refractivity contribution in [1.82, 2.24) is 30.0 Å². The Balaban J connectivity index is 1.35. The van der Waals surface area contributed by atoms with Gasteiger partial charge in [0.2, 0.25) is 5.91 Å². The molecule has 5 rings (SSSR count). The molecule has 1 aromatic carbocycles. The number of nitrogens with one attached hydrogen (secondary N) is 1. The summed E-state index contributed by atoms with van der Waals surface area (Å²) in [6, 6.07) is 17.8. The minimum absolute atomic E-state index is 0.0699. The van der Waals surface area contributed by atoms with Crippen LogP contribution >= 0.6 is 22.7 Å². The maximum atomic E-state index is 12.9. The van der Waals surface area contributed by atoms with E-state index in [-0.39, 0.29) is 12.3 Å². The zero-order chi connectivity index (χ0) is 21.8. The van der Waals surface area contributed by atoms with E-state index in [1.54, 1.807) is 39.9 Å². The Morgan fingerprint density at radius 2 is 1.97 bits per heavy atom. The van der Waals surface area contributed by atoms with E-state index in [2.05, 4.69) is 20.4 Å². The zero-order valence-electron chi connectivity index (χ0n) is 16.9. The molecule has 0 aliphatic heterocycles. The summed E-state index contributed by atoms with van der Waals surface area (Å²) < 4.78 is 1.59. The van der Waals surface area contributed by atoms with Gasteiger partial charge in [0.15, 0.2) is 5.82 Å². The molecular weight excluding hydrogens is 440 g/mol. The second-order valence-corrected chi connectivity index (χ2v) is 8.95. The number of thiophene rings is 1. The normalized spacial score (nSPS) is 10.9. The van der Waals surface area contributed by atoms with Crippen molar-refractivity contribution in [2.24, 2.45) is 0 Å². The van der Waals surface area contributed by atoms with Gasteiger partial charge in [-0.2, -0.15) is 5.10 Å². The van der Waals surface area contributed by atoms with Crippen molar-refractivity contribution in [3.8, 4) is 27.0 Å². The number of carbonyl (C=O) groups excluding carboxylic acids is 1. The van der Waals surface area contributed by atoms with Crippen LogP contribution in [0.25, 0.3) is 27.0 Å². The summed E-state index contributed by atoms with van der Waals surface area (Å²) in [5, 5.41) is 10.1. The largest absolute Gasteiger partial charge is 0.352 e. The van der Waals surface area contributed by atoms with Gasteiger partial charge in [0.05, 0.1) is 17.0 Å². The second kappa shape index (κ2) is 9.21. The number of hydrogen-bond acceptors (Lipinski definition) is 7. The molecule has 0 bridgehead atoms. The molecule has 4 aromatic heterocycles. The average molecular weight is 459 g/mol. The summed E-state index contributed by atoms with van der Waals surface area (Å²) in [6.45, 7) is 0.348. The lowest BCUT2D eigenvalue weighted by molar-refractivity contribution is -0.120. The molecule has 1 N–H and O–H groups in total. The summed E-state index contributed by atoms with van der Waals surface area (Å²) in [6.07, 6.45) is 5.00. The fraction of sp³-hybridized carbons (Fsp3) is 0.0870. The summed E-state index contributed by atoms with van der Waals surface area (Å²) in [5.41, 5.74) is 2.79. The van der Waals surface area contributed by atoms with Gasteiger partial charge in [0, 0.05) is 28.7 Å². The van der Waals surface area contributed by atoms with E-state index in [0.717, 1.165) is 31.6 Å². The van der Waals surface area contributed by atoms with Crippen molar-refractivity contribution in [2.45, 2.75) is 13.0 Å². The molecule has 0 aliphatic carbocycles. The van der Waals surface area contributed by atoms with Gasteiger partial charge in [0.25, 0.3) is 0 Å². The summed E-state index contributed by atoms with van der Waals surface area (Å²) >= 11 is 3.19. The number of pyridine rings is 1. The monoisotopic (exact) mass is 458 g/mol. The first-order chi connectivity index (χ1) is 15.8. The van der Waals surface area contributed by atoms with Crippen molar-refractivity contribution in [3.05, 3.63) is 89.3 Å². The smallest absolute Gasteiger partial charge is 0.225 e. The number of hydrogen-bond donors (Lipinski definition) is 1. The fourth-order valence-electron chi connectivity index (χ4n) is 3.28. The minimum Gasteiger partial charge on any atom is -0.352 e. The van der Waals surface area contributed by atoms with Gasteiger partial charge in [-0.05, 0) is 17.5 Å². The standard InChI is InChI=1S/C23H18N6OS2/c30-20(26-13-17-8-4-10-25-22(17)29-15-24-14-27-29)12-19-21(18-9-5-11-31-18)28-23(32-19)16-6-2-1-3-7-16/h1-11,14-15H,12-13H2,(H,26,30). The molecule has 0 saturated carbocycles. The third-order valence-corrected chi connectivity index (χ3v) is 6.75. The van der Waals surface area contributed by atoms with E-state index in [9.17, 15) is 4.79 Å². The number of nitrogens with zero attached hydrogens (tertiary/aromatic N) is 5. The maximum absolute atomic E-state index is 12.9. The topological polar surface area (TPSA) is 85.6 Å². The van der Waals surface area contributed by atoms with Gasteiger partial charge in [0.1, 0.15) is 17.7 Å². The van der Waals surface area contributed by atoms with E-state index < -0.39 is 0 Å². The molecule has 9 heteroatoms. The Morgan fingerprint density at radius 1 is 1.06 bits per heavy atom. The number of thiazole rings is 1. The third-order valence-electron chi connectivity index (χ3n) is 4.77. The molecule has 0 fully saturated rings. The van der Waals surface area contributed by atoms with Crippen molar-refractivity contribution in [1.29, 1.82) is 0 Å². The van der Waals surface area contributed by atoms with Crippen LogP contribution in [0.4, 0.5) is 0 Å². The molecule has 0 radical (unpaired) electrons. The van der Waals surface area contributed by atoms with Gasteiger partial charge in [-0.3, -0.25) is 4.79 Å². The Labute approximate surface area is 192 Å². The first-order valence-electron chi connectivity index (χ1n) is 9.92. The van der Waals surface area contributed by atoms with E-state index in [0.29, 0.717) is 12.4 Å². The quantitative estimate of drug-likeness (QED) is 0.391. The highest BCUT2D eigenvalue weighted by atomic mass is 32.1. The lowest BCUT2D eigenvalue weighted by Gasteiger charge is -2.09. The maximum Gasteiger partial charge on any atom is 0.225 e. The van der Waals surface area contributed by atoms with Crippen LogP contribution in [0.1, 0.15) is 10.4 Å². The Morgan fingerprint density at radius 3 is 2.75 bits per heavy atom. The molecule has 7 nitrogen and oxygen atoms in total. The van der Waals surface area contributed by atoms with Crippen molar-refractivity contribution < 1.29 is 4.79 Å². The van der Waals surface area contributed by atoms with Crippen molar-refractivity contribution >= 4 is 28.6 Å². The van der Waals surface area contributed by atoms with Crippen LogP contribution < -0.4 is 5.32 Å². The van der Waals surface area contributed by atoms with Crippen LogP contribution in [0, 0.1) is 0 Å². The summed E-state index contributed by atoms with van der Waals surface area (Å²) in [5.74, 6) is 0.577. The van der Waals surface area contributed by atoms with Crippen molar-refractivity contribution in [3.63, 3.8) is 0 Å². The van der Waals surface area contributed by atoms with E-state index in [4.69, 9.17) is 4.98 Å². The summed E-state index contributed by atoms with van der Waals surface area (Å²) in [4.78, 5) is 28.1. The van der Waals surface area contributed by atoms with Crippen LogP contribution in [0.2, 0.25) is 0 Å². The molecule has 0 saturated heterocycles. The predicted molar refractivity (Wildman–Crippen MR) is 126 cm³/mol. The lowest BCUT2D eigenvalue weighted by atomic mass is 10.2. The van der Waals surface area contributed by atoms with Crippen molar-refractivity contribution in [2.75, 3.05) is 0 Å². The highest BCUT2D eigenvalue weighted by molar-refractivity contribution is 7.17. The zero-order valence-corrected chi connectivity index (χ0v) is 18.5. The molecule has 0 unspecified atom stereocenters. The molecule has 5 aromatic rings. The van der Waals surface area contributed by atoms with Crippen LogP contribution in [-0.4, -0.2) is 30.6 Å². The van der Waals surface area contributed by atoms with Gasteiger partial charge in [-0.25, -0.2) is 19.6 Å². The second-order valence-electron chi connectivity index (χ2n) is 6.91. The van der Waals surface area contributed by atoms with Gasteiger partial charge in [-0.15, -0.1) is 22.7 Å².